The van der Waals surface area contributed by atoms with Gasteiger partial charge in [0, 0.05) is 16.6 Å². The minimum Gasteiger partial charge on any atom is -0.375 e. The number of nitrogens with one attached hydrogen (secondary N) is 1. The first-order valence-corrected chi connectivity index (χ1v) is 12.8. The molecule has 0 fully saturated rings. The zero-order valence-electron chi connectivity index (χ0n) is 18.0. The number of rotatable bonds is 10. The second-order valence-electron chi connectivity index (χ2n) is 7.36. The van der Waals surface area contributed by atoms with E-state index in [1.165, 1.54) is 12.1 Å². The molecular weight excluding hydrogens is 511 g/mol. The number of anilines is 1. The second kappa shape index (κ2) is 11.4. The third kappa shape index (κ3) is 7.38. The number of hydrogen-bond acceptors (Lipinski definition) is 4. The van der Waals surface area contributed by atoms with Crippen molar-refractivity contribution in [3.8, 4) is 0 Å². The largest absolute Gasteiger partial charge is 0.375 e. The van der Waals surface area contributed by atoms with E-state index in [-0.39, 0.29) is 18.1 Å². The number of carbonyl (C=O) groups is 1. The lowest BCUT2D eigenvalue weighted by Gasteiger charge is -2.23. The van der Waals surface area contributed by atoms with Crippen LogP contribution in [0.2, 0.25) is 0 Å². The Bertz CT molecular complexity index is 1190. The molecule has 3 aromatic rings. The van der Waals surface area contributed by atoms with Crippen LogP contribution in [-0.2, 0) is 27.9 Å². The van der Waals surface area contributed by atoms with Gasteiger partial charge in [-0.1, -0.05) is 58.4 Å². The fourth-order valence-electron chi connectivity index (χ4n) is 3.10. The van der Waals surface area contributed by atoms with Crippen LogP contribution in [-0.4, -0.2) is 33.7 Å². The Kier molecular flexibility index (Phi) is 8.60. The summed E-state index contributed by atoms with van der Waals surface area (Å²) in [6.07, 6.45) is 1.02. The van der Waals surface area contributed by atoms with Crippen LogP contribution in [0.1, 0.15) is 21.5 Å². The summed E-state index contributed by atoms with van der Waals surface area (Å²) in [5, 5.41) is 2.78. The van der Waals surface area contributed by atoms with E-state index in [1.54, 1.807) is 30.3 Å². The number of halogens is 2. The maximum atomic E-state index is 14.4. The molecule has 0 aliphatic carbocycles. The monoisotopic (exact) mass is 534 g/mol. The summed E-state index contributed by atoms with van der Waals surface area (Å²) < 4.78 is 46.0. The van der Waals surface area contributed by atoms with Crippen LogP contribution in [0.15, 0.2) is 77.3 Å². The molecule has 9 heteroatoms. The summed E-state index contributed by atoms with van der Waals surface area (Å²) in [4.78, 5) is 12.3. The highest BCUT2D eigenvalue weighted by molar-refractivity contribution is 9.10. The van der Waals surface area contributed by atoms with Crippen molar-refractivity contribution in [2.45, 2.75) is 13.2 Å². The molecule has 1 amide bonds. The molecule has 33 heavy (non-hydrogen) atoms. The lowest BCUT2D eigenvalue weighted by molar-refractivity contribution is 0.0901. The Morgan fingerprint density at radius 2 is 1.73 bits per heavy atom. The van der Waals surface area contributed by atoms with Gasteiger partial charge in [0.2, 0.25) is 10.0 Å². The normalized spacial score (nSPS) is 11.2. The highest BCUT2D eigenvalue weighted by Crippen LogP contribution is 2.26. The summed E-state index contributed by atoms with van der Waals surface area (Å²) >= 11 is 3.17. The van der Waals surface area contributed by atoms with Crippen LogP contribution >= 0.6 is 15.9 Å². The van der Waals surface area contributed by atoms with E-state index in [0.717, 1.165) is 16.1 Å². The molecule has 0 aromatic heterocycles. The fourth-order valence-corrected chi connectivity index (χ4v) is 4.32. The van der Waals surface area contributed by atoms with Crippen LogP contribution in [0.5, 0.6) is 0 Å². The molecule has 0 saturated heterocycles. The van der Waals surface area contributed by atoms with Crippen molar-refractivity contribution in [2.75, 3.05) is 23.7 Å². The van der Waals surface area contributed by atoms with Crippen molar-refractivity contribution in [3.63, 3.8) is 0 Å². The molecule has 0 spiro atoms. The summed E-state index contributed by atoms with van der Waals surface area (Å²) in [6.45, 7) is 1.15. The standard InChI is InChI=1S/C24H24BrFN2O4S/c1-33(30,31)28(23-12-11-21(25)15-22(23)26)16-18-7-9-20(10-8-18)24(29)27-13-14-32-17-19-5-3-2-4-6-19/h2-12,15H,13-14,16-17H2,1H3,(H,27,29). The number of benzene rings is 3. The minimum absolute atomic E-state index is 0.0435. The van der Waals surface area contributed by atoms with Gasteiger partial charge in [0.1, 0.15) is 5.82 Å². The highest BCUT2D eigenvalue weighted by Gasteiger charge is 2.21. The molecule has 0 unspecified atom stereocenters. The minimum atomic E-state index is -3.73. The van der Waals surface area contributed by atoms with E-state index in [9.17, 15) is 17.6 Å². The average Bonchev–Trinajstić information content (AvgIpc) is 2.78. The molecule has 3 aromatic carbocycles. The van der Waals surface area contributed by atoms with Gasteiger partial charge in [-0.3, -0.25) is 9.10 Å². The van der Waals surface area contributed by atoms with E-state index in [2.05, 4.69) is 21.2 Å². The van der Waals surface area contributed by atoms with Crippen LogP contribution in [0.3, 0.4) is 0 Å². The van der Waals surface area contributed by atoms with Crippen LogP contribution in [0, 0.1) is 5.82 Å². The van der Waals surface area contributed by atoms with Gasteiger partial charge in [-0.25, -0.2) is 12.8 Å². The number of ether oxygens (including phenoxy) is 1. The van der Waals surface area contributed by atoms with E-state index in [4.69, 9.17) is 4.74 Å². The first-order valence-electron chi connectivity index (χ1n) is 10.2. The lowest BCUT2D eigenvalue weighted by Crippen LogP contribution is -2.30. The number of amides is 1. The average molecular weight is 535 g/mol. The van der Waals surface area contributed by atoms with Crippen LogP contribution in [0.4, 0.5) is 10.1 Å². The predicted octanol–water partition coefficient (Wildman–Crippen LogP) is 4.50. The maximum absolute atomic E-state index is 14.4. The third-order valence-corrected chi connectivity index (χ3v) is 6.38. The van der Waals surface area contributed by atoms with Gasteiger partial charge in [-0.05, 0) is 41.5 Å². The molecule has 0 saturated carbocycles. The van der Waals surface area contributed by atoms with E-state index in [1.807, 2.05) is 30.3 Å². The van der Waals surface area contributed by atoms with Crippen molar-refractivity contribution in [1.82, 2.24) is 5.32 Å². The molecule has 0 bridgehead atoms. The van der Waals surface area contributed by atoms with Gasteiger partial charge in [0.25, 0.3) is 5.91 Å². The van der Waals surface area contributed by atoms with Gasteiger partial charge >= 0.3 is 0 Å². The van der Waals surface area contributed by atoms with Gasteiger partial charge in [-0.2, -0.15) is 0 Å². The van der Waals surface area contributed by atoms with E-state index in [0.29, 0.717) is 35.4 Å². The SMILES string of the molecule is CS(=O)(=O)N(Cc1ccc(C(=O)NCCOCc2ccccc2)cc1)c1ccc(Br)cc1F. The van der Waals surface area contributed by atoms with Crippen molar-refractivity contribution in [1.29, 1.82) is 0 Å². The molecule has 0 atom stereocenters. The topological polar surface area (TPSA) is 75.7 Å². The number of hydrogen-bond donors (Lipinski definition) is 1. The molecule has 0 radical (unpaired) electrons. The Morgan fingerprint density at radius 1 is 1.03 bits per heavy atom. The van der Waals surface area contributed by atoms with Crippen molar-refractivity contribution >= 4 is 37.5 Å². The predicted molar refractivity (Wildman–Crippen MR) is 130 cm³/mol. The van der Waals surface area contributed by atoms with E-state index >= 15 is 0 Å². The Balaban J connectivity index is 1.56. The number of nitrogens with zero attached hydrogens (tertiary/aromatic N) is 1. The molecule has 6 nitrogen and oxygen atoms in total. The van der Waals surface area contributed by atoms with Gasteiger partial charge in [-0.15, -0.1) is 0 Å². The second-order valence-corrected chi connectivity index (χ2v) is 10.2. The Morgan fingerprint density at radius 3 is 2.36 bits per heavy atom. The zero-order chi connectivity index (χ0) is 23.8. The highest BCUT2D eigenvalue weighted by atomic mass is 79.9. The molecule has 174 valence electrons. The summed E-state index contributed by atoms with van der Waals surface area (Å²) in [7, 11) is -3.73. The quantitative estimate of drug-likeness (QED) is 0.388. The van der Waals surface area contributed by atoms with Crippen molar-refractivity contribution in [3.05, 3.63) is 99.8 Å². The Hall–Kier alpha value is -2.75. The molecular formula is C24H24BrFN2O4S. The van der Waals surface area contributed by atoms with E-state index < -0.39 is 15.8 Å². The Labute approximate surface area is 201 Å². The van der Waals surface area contributed by atoms with Crippen LogP contribution < -0.4 is 9.62 Å². The molecule has 0 aliphatic rings. The van der Waals surface area contributed by atoms with Crippen LogP contribution in [0.25, 0.3) is 0 Å². The summed E-state index contributed by atoms with van der Waals surface area (Å²) in [5.41, 5.74) is 2.07. The molecule has 0 aliphatic heterocycles. The van der Waals surface area contributed by atoms with Crippen molar-refractivity contribution in [2.24, 2.45) is 0 Å². The molecule has 0 heterocycles. The number of carbonyl (C=O) groups excluding carboxylic acids is 1. The maximum Gasteiger partial charge on any atom is 0.251 e. The fraction of sp³-hybridized carbons (Fsp3) is 0.208. The first-order chi connectivity index (χ1) is 15.7. The summed E-state index contributed by atoms with van der Waals surface area (Å²) in [5.74, 6) is -0.913. The molecule has 3 rings (SSSR count). The van der Waals surface area contributed by atoms with Crippen molar-refractivity contribution < 1.29 is 22.3 Å². The first kappa shape index (κ1) is 24.9. The smallest absolute Gasteiger partial charge is 0.251 e. The molecule has 1 N–H and O–H groups in total. The zero-order valence-corrected chi connectivity index (χ0v) is 20.4. The van der Waals surface area contributed by atoms with Gasteiger partial charge < -0.3 is 10.1 Å². The summed E-state index contributed by atoms with van der Waals surface area (Å²) in [6, 6.07) is 20.5. The third-order valence-electron chi connectivity index (χ3n) is 4.76. The van der Waals surface area contributed by atoms with Gasteiger partial charge in [0.15, 0.2) is 0 Å². The lowest BCUT2D eigenvalue weighted by atomic mass is 10.1. The van der Waals surface area contributed by atoms with Gasteiger partial charge in [0.05, 0.1) is 31.7 Å². The number of sulfonamides is 1.